The maximum absolute atomic E-state index is 12.6. The second-order valence-electron chi connectivity index (χ2n) is 7.46. The average molecular weight is 380 g/mol. The highest BCUT2D eigenvalue weighted by Gasteiger charge is 2.33. The predicted octanol–water partition coefficient (Wildman–Crippen LogP) is 3.28. The number of fused-ring (bicyclic) bond motifs is 1. The van der Waals surface area contributed by atoms with Crippen molar-refractivity contribution in [1.82, 2.24) is 14.8 Å². The van der Waals surface area contributed by atoms with E-state index in [0.717, 1.165) is 43.0 Å². The van der Waals surface area contributed by atoms with Crippen LogP contribution in [-0.4, -0.2) is 31.7 Å². The van der Waals surface area contributed by atoms with Gasteiger partial charge in [0.15, 0.2) is 5.82 Å². The van der Waals surface area contributed by atoms with Crippen LogP contribution in [0.4, 0.5) is 5.69 Å². The number of benzene rings is 1. The van der Waals surface area contributed by atoms with Crippen LogP contribution in [0.1, 0.15) is 37.9 Å². The number of hydrogen-bond donors (Lipinski definition) is 2. The van der Waals surface area contributed by atoms with Gasteiger partial charge in [-0.2, -0.15) is 0 Å². The Hall–Kier alpha value is -2.96. The largest absolute Gasteiger partial charge is 0.481 e. The first-order valence-corrected chi connectivity index (χ1v) is 9.84. The maximum Gasteiger partial charge on any atom is 0.307 e. The van der Waals surface area contributed by atoms with Crippen LogP contribution in [0.15, 0.2) is 36.4 Å². The molecule has 0 bridgehead atoms. The van der Waals surface area contributed by atoms with Gasteiger partial charge in [-0.15, -0.1) is 10.2 Å². The SMILES string of the molecule is O=C(Nc1ccc(-c2nnc3n2CCCCC3)cc1)[C@H]1CC=CC[C@H]1C(=O)O. The molecule has 1 aromatic heterocycles. The summed E-state index contributed by atoms with van der Waals surface area (Å²) >= 11 is 0. The van der Waals surface area contributed by atoms with Gasteiger partial charge in [-0.1, -0.05) is 18.6 Å². The quantitative estimate of drug-likeness (QED) is 0.794. The molecule has 1 aromatic carbocycles. The van der Waals surface area contributed by atoms with E-state index >= 15 is 0 Å². The number of aromatic nitrogens is 3. The van der Waals surface area contributed by atoms with Crippen molar-refractivity contribution >= 4 is 17.6 Å². The molecule has 0 saturated carbocycles. The van der Waals surface area contributed by atoms with Crippen molar-refractivity contribution in [2.24, 2.45) is 11.8 Å². The van der Waals surface area contributed by atoms with Crippen molar-refractivity contribution in [2.75, 3.05) is 5.32 Å². The first-order valence-electron chi connectivity index (χ1n) is 9.84. The Bertz CT molecular complexity index is 901. The van der Waals surface area contributed by atoms with Crippen LogP contribution in [0.3, 0.4) is 0 Å². The fraction of sp³-hybridized carbons (Fsp3) is 0.429. The third-order valence-electron chi connectivity index (χ3n) is 5.61. The van der Waals surface area contributed by atoms with E-state index in [1.807, 2.05) is 36.4 Å². The minimum Gasteiger partial charge on any atom is -0.481 e. The standard InChI is InChI=1S/C21H24N4O3/c26-20(16-6-3-4-7-17(16)21(27)28)22-15-11-9-14(10-12-15)19-24-23-18-8-2-1-5-13-25(18)19/h3-4,9-12,16-17H,1-2,5-8,13H2,(H,22,26)(H,27,28)/t16-,17+/m0/s1. The Morgan fingerprint density at radius 1 is 1.00 bits per heavy atom. The number of carboxylic acid groups (broad SMARTS) is 1. The number of aliphatic carboxylic acids is 1. The summed E-state index contributed by atoms with van der Waals surface area (Å²) in [4.78, 5) is 24.0. The van der Waals surface area contributed by atoms with Gasteiger partial charge in [0, 0.05) is 24.2 Å². The number of amides is 1. The third-order valence-corrected chi connectivity index (χ3v) is 5.61. The van der Waals surface area contributed by atoms with E-state index in [4.69, 9.17) is 0 Å². The second kappa shape index (κ2) is 7.96. The first-order chi connectivity index (χ1) is 13.6. The molecule has 2 heterocycles. The zero-order valence-electron chi connectivity index (χ0n) is 15.7. The Balaban J connectivity index is 1.48. The maximum atomic E-state index is 12.6. The molecule has 2 aliphatic rings. The summed E-state index contributed by atoms with van der Waals surface area (Å²) in [5.41, 5.74) is 1.62. The molecule has 1 aliphatic carbocycles. The van der Waals surface area contributed by atoms with Crippen molar-refractivity contribution in [1.29, 1.82) is 0 Å². The molecule has 2 aromatic rings. The van der Waals surface area contributed by atoms with Crippen LogP contribution in [0.5, 0.6) is 0 Å². The van der Waals surface area contributed by atoms with E-state index < -0.39 is 17.8 Å². The third kappa shape index (κ3) is 3.69. The summed E-state index contributed by atoms with van der Waals surface area (Å²) in [5.74, 6) is -0.494. The molecule has 0 radical (unpaired) electrons. The molecule has 7 nitrogen and oxygen atoms in total. The second-order valence-corrected chi connectivity index (χ2v) is 7.46. The lowest BCUT2D eigenvalue weighted by Gasteiger charge is -2.24. The number of hydrogen-bond acceptors (Lipinski definition) is 4. The monoisotopic (exact) mass is 380 g/mol. The lowest BCUT2D eigenvalue weighted by atomic mass is 9.82. The number of allylic oxidation sites excluding steroid dienone is 2. The molecular formula is C21H24N4O3. The number of nitrogens with zero attached hydrogens (tertiary/aromatic N) is 3. The number of rotatable bonds is 4. The van der Waals surface area contributed by atoms with Crippen molar-refractivity contribution in [2.45, 2.75) is 45.1 Å². The van der Waals surface area contributed by atoms with Crippen molar-refractivity contribution in [3.63, 3.8) is 0 Å². The highest BCUT2D eigenvalue weighted by atomic mass is 16.4. The Morgan fingerprint density at radius 3 is 2.50 bits per heavy atom. The van der Waals surface area contributed by atoms with E-state index in [-0.39, 0.29) is 5.91 Å². The lowest BCUT2D eigenvalue weighted by molar-refractivity contribution is -0.146. The minimum atomic E-state index is -0.924. The fourth-order valence-electron chi connectivity index (χ4n) is 4.01. The van der Waals surface area contributed by atoms with Crippen molar-refractivity contribution in [3.05, 3.63) is 42.2 Å². The molecule has 146 valence electrons. The number of nitrogens with one attached hydrogen (secondary N) is 1. The lowest BCUT2D eigenvalue weighted by Crippen LogP contribution is -2.34. The molecule has 4 rings (SSSR count). The normalized spacial score (nSPS) is 21.6. The molecule has 0 fully saturated rings. The topological polar surface area (TPSA) is 97.1 Å². The van der Waals surface area contributed by atoms with Gasteiger partial charge in [0.05, 0.1) is 11.8 Å². The van der Waals surface area contributed by atoms with E-state index in [1.54, 1.807) is 0 Å². The van der Waals surface area contributed by atoms with Gasteiger partial charge in [0.1, 0.15) is 5.82 Å². The number of carbonyl (C=O) groups is 2. The Kier molecular flexibility index (Phi) is 5.23. The van der Waals surface area contributed by atoms with Crippen molar-refractivity contribution in [3.8, 4) is 11.4 Å². The molecule has 0 spiro atoms. The summed E-state index contributed by atoms with van der Waals surface area (Å²) in [5, 5.41) is 20.9. The molecule has 0 unspecified atom stereocenters. The van der Waals surface area contributed by atoms with E-state index in [9.17, 15) is 14.7 Å². The fourth-order valence-corrected chi connectivity index (χ4v) is 4.01. The Labute approximate surface area is 163 Å². The summed E-state index contributed by atoms with van der Waals surface area (Å²) < 4.78 is 2.19. The average Bonchev–Trinajstić information content (AvgIpc) is 2.96. The highest BCUT2D eigenvalue weighted by molar-refractivity contribution is 5.95. The predicted molar refractivity (Wildman–Crippen MR) is 105 cm³/mol. The van der Waals surface area contributed by atoms with Crippen LogP contribution < -0.4 is 5.32 Å². The summed E-state index contributed by atoms with van der Waals surface area (Å²) in [7, 11) is 0. The minimum absolute atomic E-state index is 0.249. The van der Waals surface area contributed by atoms with Gasteiger partial charge in [-0.3, -0.25) is 9.59 Å². The molecule has 2 atom stereocenters. The van der Waals surface area contributed by atoms with Gasteiger partial charge in [0.25, 0.3) is 0 Å². The van der Waals surface area contributed by atoms with Crippen LogP contribution in [0.2, 0.25) is 0 Å². The summed E-state index contributed by atoms with van der Waals surface area (Å²) in [6.45, 7) is 0.932. The van der Waals surface area contributed by atoms with Crippen LogP contribution in [-0.2, 0) is 22.6 Å². The number of carboxylic acids is 1. The molecule has 1 amide bonds. The number of aryl methyl sites for hydroxylation is 1. The molecule has 1 aliphatic heterocycles. The van der Waals surface area contributed by atoms with E-state index in [0.29, 0.717) is 18.5 Å². The highest BCUT2D eigenvalue weighted by Crippen LogP contribution is 2.28. The molecular weight excluding hydrogens is 356 g/mol. The van der Waals surface area contributed by atoms with Gasteiger partial charge < -0.3 is 15.0 Å². The zero-order chi connectivity index (χ0) is 19.5. The van der Waals surface area contributed by atoms with E-state index in [1.165, 1.54) is 6.42 Å². The summed E-state index contributed by atoms with van der Waals surface area (Å²) in [6.07, 6.45) is 9.01. The van der Waals surface area contributed by atoms with E-state index in [2.05, 4.69) is 20.1 Å². The van der Waals surface area contributed by atoms with Gasteiger partial charge in [-0.25, -0.2) is 0 Å². The Morgan fingerprint density at radius 2 is 1.75 bits per heavy atom. The number of carbonyl (C=O) groups excluding carboxylic acids is 1. The molecule has 0 saturated heterocycles. The van der Waals surface area contributed by atoms with Crippen LogP contribution >= 0.6 is 0 Å². The molecule has 7 heteroatoms. The molecule has 28 heavy (non-hydrogen) atoms. The van der Waals surface area contributed by atoms with Crippen LogP contribution in [0, 0.1) is 11.8 Å². The van der Waals surface area contributed by atoms with Gasteiger partial charge in [-0.05, 0) is 49.9 Å². The summed E-state index contributed by atoms with van der Waals surface area (Å²) in [6, 6.07) is 7.51. The van der Waals surface area contributed by atoms with Crippen molar-refractivity contribution < 1.29 is 14.7 Å². The zero-order valence-corrected chi connectivity index (χ0v) is 15.7. The van der Waals surface area contributed by atoms with Crippen LogP contribution in [0.25, 0.3) is 11.4 Å². The smallest absolute Gasteiger partial charge is 0.307 e. The number of anilines is 1. The first kappa shape index (κ1) is 18.4. The van der Waals surface area contributed by atoms with Gasteiger partial charge in [0.2, 0.25) is 5.91 Å². The molecule has 2 N–H and O–H groups in total. The van der Waals surface area contributed by atoms with Gasteiger partial charge >= 0.3 is 5.97 Å².